The second-order valence-electron chi connectivity index (χ2n) is 9.80. The largest absolute Gasteiger partial charge is 0.487 e. The fourth-order valence-electron chi connectivity index (χ4n) is 4.50. The molecule has 0 amide bonds. The molecule has 0 aromatic heterocycles. The van der Waals surface area contributed by atoms with Crippen molar-refractivity contribution in [3.05, 3.63) is 82.9 Å². The van der Waals surface area contributed by atoms with Gasteiger partial charge in [0.2, 0.25) is 10.0 Å². The van der Waals surface area contributed by atoms with E-state index in [4.69, 9.17) is 9.84 Å². The third-order valence-electron chi connectivity index (χ3n) is 6.83. The van der Waals surface area contributed by atoms with Crippen LogP contribution in [0.1, 0.15) is 36.1 Å². The molecule has 1 atom stereocenters. The molecule has 184 valence electrons. The fourth-order valence-corrected chi connectivity index (χ4v) is 5.53. The molecule has 0 fully saturated rings. The molecular weight excluding hydrogens is 462 g/mol. The van der Waals surface area contributed by atoms with E-state index in [0.29, 0.717) is 12.2 Å². The molecule has 1 unspecified atom stereocenters. The van der Waals surface area contributed by atoms with Gasteiger partial charge in [0.1, 0.15) is 17.9 Å². The van der Waals surface area contributed by atoms with E-state index >= 15 is 0 Å². The minimum absolute atomic E-state index is 0.0382. The van der Waals surface area contributed by atoms with Gasteiger partial charge in [0.05, 0.1) is 4.90 Å². The Bertz CT molecular complexity index is 1380. The van der Waals surface area contributed by atoms with Gasteiger partial charge in [-0.2, -0.15) is 4.72 Å². The van der Waals surface area contributed by atoms with E-state index in [2.05, 4.69) is 74.9 Å². The van der Waals surface area contributed by atoms with Gasteiger partial charge in [0, 0.05) is 5.92 Å². The fraction of sp³-hybridized carbons (Fsp3) is 0.321. The Kier molecular flexibility index (Phi) is 6.75. The second-order valence-corrected chi connectivity index (χ2v) is 11.6. The summed E-state index contributed by atoms with van der Waals surface area (Å²) in [6, 6.07) is 19.7. The zero-order valence-electron chi connectivity index (χ0n) is 20.5. The number of ether oxygens (including phenoxy) is 1. The van der Waals surface area contributed by atoms with Gasteiger partial charge in [-0.3, -0.25) is 4.79 Å². The van der Waals surface area contributed by atoms with Gasteiger partial charge in [-0.1, -0.05) is 42.5 Å². The van der Waals surface area contributed by atoms with Gasteiger partial charge in [-0.15, -0.1) is 0 Å². The van der Waals surface area contributed by atoms with E-state index < -0.39 is 28.1 Å². The average molecular weight is 494 g/mol. The summed E-state index contributed by atoms with van der Waals surface area (Å²) in [6.45, 7) is 7.69. The van der Waals surface area contributed by atoms with Crippen LogP contribution in [0.3, 0.4) is 0 Å². The topological polar surface area (TPSA) is 92.7 Å². The molecule has 0 radical (unpaired) electrons. The lowest BCUT2D eigenvalue weighted by Crippen LogP contribution is -2.43. The van der Waals surface area contributed by atoms with Crippen molar-refractivity contribution in [1.29, 1.82) is 0 Å². The molecule has 0 bridgehead atoms. The van der Waals surface area contributed by atoms with Gasteiger partial charge in [0.15, 0.2) is 0 Å². The Hall–Kier alpha value is -3.16. The third kappa shape index (κ3) is 5.57. The second kappa shape index (κ2) is 9.47. The predicted molar refractivity (Wildman–Crippen MR) is 136 cm³/mol. The summed E-state index contributed by atoms with van der Waals surface area (Å²) in [5.41, 5.74) is 6.43. The highest BCUT2D eigenvalue weighted by molar-refractivity contribution is 7.89. The monoisotopic (exact) mass is 493 g/mol. The highest BCUT2D eigenvalue weighted by Crippen LogP contribution is 2.39. The van der Waals surface area contributed by atoms with E-state index in [0.717, 1.165) is 12.0 Å². The van der Waals surface area contributed by atoms with Crippen molar-refractivity contribution in [2.45, 2.75) is 51.0 Å². The minimum Gasteiger partial charge on any atom is -0.487 e. The number of aliphatic carboxylic acids is 1. The molecule has 3 aromatic carbocycles. The molecule has 1 heterocycles. The number of fused-ring (bicyclic) bond motifs is 1. The molecular formula is C28H31NO5S. The standard InChI is InChI=1S/C28H31NO5S/c1-18-8-9-22(12-19(18)2)21-7-5-6-20(13-21)14-24-15-23-16-25(35(32,33)29-17-27(30)31)10-11-26(23)34-28(24,3)4/h5-13,16,24,29H,14-15,17H2,1-4H3,(H,30,31). The Labute approximate surface area is 207 Å². The Morgan fingerprint density at radius 2 is 1.77 bits per heavy atom. The van der Waals surface area contributed by atoms with Crippen LogP contribution in [0.15, 0.2) is 65.6 Å². The molecule has 6 nitrogen and oxygen atoms in total. The molecule has 35 heavy (non-hydrogen) atoms. The van der Waals surface area contributed by atoms with Crippen molar-refractivity contribution in [2.75, 3.05) is 6.54 Å². The van der Waals surface area contributed by atoms with Crippen LogP contribution in [-0.2, 0) is 27.7 Å². The first-order chi connectivity index (χ1) is 16.4. The molecule has 0 aliphatic carbocycles. The zero-order valence-corrected chi connectivity index (χ0v) is 21.3. The van der Waals surface area contributed by atoms with Crippen LogP contribution in [-0.4, -0.2) is 31.6 Å². The number of carboxylic acids is 1. The number of nitrogens with one attached hydrogen (secondary N) is 1. The summed E-state index contributed by atoms with van der Waals surface area (Å²) in [5, 5.41) is 8.82. The van der Waals surface area contributed by atoms with Crippen molar-refractivity contribution < 1.29 is 23.1 Å². The maximum atomic E-state index is 12.5. The molecule has 1 aliphatic heterocycles. The van der Waals surface area contributed by atoms with E-state index in [1.54, 1.807) is 12.1 Å². The van der Waals surface area contributed by atoms with Crippen LogP contribution in [0, 0.1) is 19.8 Å². The van der Waals surface area contributed by atoms with Crippen LogP contribution >= 0.6 is 0 Å². The lowest BCUT2D eigenvalue weighted by molar-refractivity contribution is -0.135. The Balaban J connectivity index is 1.59. The molecule has 0 spiro atoms. The average Bonchev–Trinajstić information content (AvgIpc) is 2.79. The van der Waals surface area contributed by atoms with E-state index in [1.165, 1.54) is 33.9 Å². The smallest absolute Gasteiger partial charge is 0.318 e. The van der Waals surface area contributed by atoms with Gasteiger partial charge < -0.3 is 9.84 Å². The van der Waals surface area contributed by atoms with Gasteiger partial charge in [-0.05, 0) is 92.1 Å². The Morgan fingerprint density at radius 3 is 2.49 bits per heavy atom. The summed E-state index contributed by atoms with van der Waals surface area (Å²) < 4.78 is 33.5. The van der Waals surface area contributed by atoms with Gasteiger partial charge in [0.25, 0.3) is 0 Å². The minimum atomic E-state index is -3.92. The number of carbonyl (C=O) groups is 1. The van der Waals surface area contributed by atoms with E-state index in [-0.39, 0.29) is 10.8 Å². The number of aryl methyl sites for hydroxylation is 2. The normalized spacial score (nSPS) is 16.9. The molecule has 0 saturated heterocycles. The van der Waals surface area contributed by atoms with E-state index in [1.807, 2.05) is 0 Å². The molecule has 3 aromatic rings. The lowest BCUT2D eigenvalue weighted by atomic mass is 9.78. The zero-order chi connectivity index (χ0) is 25.4. The number of sulfonamides is 1. The van der Waals surface area contributed by atoms with Gasteiger partial charge in [-0.25, -0.2) is 8.42 Å². The number of benzene rings is 3. The first-order valence-corrected chi connectivity index (χ1v) is 13.1. The molecule has 7 heteroatoms. The van der Waals surface area contributed by atoms with Crippen molar-refractivity contribution in [2.24, 2.45) is 5.92 Å². The predicted octanol–water partition coefficient (Wildman–Crippen LogP) is 4.91. The van der Waals surface area contributed by atoms with Crippen molar-refractivity contribution in [3.8, 4) is 16.9 Å². The van der Waals surface area contributed by atoms with Crippen LogP contribution in [0.25, 0.3) is 11.1 Å². The summed E-state index contributed by atoms with van der Waals surface area (Å²) in [4.78, 5) is 10.8. The number of hydrogen-bond donors (Lipinski definition) is 2. The first-order valence-electron chi connectivity index (χ1n) is 11.6. The molecule has 4 rings (SSSR count). The summed E-state index contributed by atoms with van der Waals surface area (Å²) >= 11 is 0. The van der Waals surface area contributed by atoms with Crippen LogP contribution in [0.5, 0.6) is 5.75 Å². The lowest BCUT2D eigenvalue weighted by Gasteiger charge is -2.40. The molecule has 1 aliphatic rings. The summed E-state index contributed by atoms with van der Waals surface area (Å²) in [7, 11) is -3.92. The van der Waals surface area contributed by atoms with Crippen molar-refractivity contribution in [1.82, 2.24) is 4.72 Å². The maximum absolute atomic E-state index is 12.5. The number of hydrogen-bond acceptors (Lipinski definition) is 4. The summed E-state index contributed by atoms with van der Waals surface area (Å²) in [6.07, 6.45) is 1.43. The number of rotatable bonds is 7. The quantitative estimate of drug-likeness (QED) is 0.488. The first kappa shape index (κ1) is 24.9. The maximum Gasteiger partial charge on any atom is 0.318 e. The highest BCUT2D eigenvalue weighted by atomic mass is 32.2. The Morgan fingerprint density at radius 1 is 1.03 bits per heavy atom. The van der Waals surface area contributed by atoms with Crippen LogP contribution in [0.4, 0.5) is 0 Å². The highest BCUT2D eigenvalue weighted by Gasteiger charge is 2.37. The van der Waals surface area contributed by atoms with Crippen LogP contribution < -0.4 is 9.46 Å². The van der Waals surface area contributed by atoms with Crippen molar-refractivity contribution >= 4 is 16.0 Å². The molecule has 0 saturated carbocycles. The SMILES string of the molecule is Cc1ccc(-c2cccc(CC3Cc4cc(S(=O)(=O)NCC(=O)O)ccc4OC3(C)C)c2)cc1C. The third-order valence-corrected chi connectivity index (χ3v) is 8.23. The van der Waals surface area contributed by atoms with E-state index in [9.17, 15) is 13.2 Å². The van der Waals surface area contributed by atoms with Gasteiger partial charge >= 0.3 is 5.97 Å². The summed E-state index contributed by atoms with van der Waals surface area (Å²) in [5.74, 6) is -0.457. The van der Waals surface area contributed by atoms with Crippen LogP contribution in [0.2, 0.25) is 0 Å². The molecule has 2 N–H and O–H groups in total. The van der Waals surface area contributed by atoms with Crippen molar-refractivity contribution in [3.63, 3.8) is 0 Å². The number of carboxylic acid groups (broad SMARTS) is 1.